The van der Waals surface area contributed by atoms with E-state index in [1.807, 2.05) is 25.1 Å². The number of nitriles is 1. The molecular weight excluding hydrogens is 414 g/mol. The molecule has 0 saturated heterocycles. The van der Waals surface area contributed by atoms with Gasteiger partial charge in [-0.2, -0.15) is 5.26 Å². The average molecular weight is 438 g/mol. The fraction of sp³-hybridized carbons (Fsp3) is 0.364. The first-order valence-electron chi connectivity index (χ1n) is 10.1. The molecule has 8 heteroatoms. The molecule has 1 aliphatic rings. The summed E-state index contributed by atoms with van der Waals surface area (Å²) >= 11 is 3.09. The number of thiophene rings is 1. The van der Waals surface area contributed by atoms with Crippen molar-refractivity contribution < 1.29 is 4.79 Å². The number of carbonyl (C=O) groups excluding carboxylic acids is 1. The summed E-state index contributed by atoms with van der Waals surface area (Å²) in [5, 5.41) is 22.5. The van der Waals surface area contributed by atoms with Gasteiger partial charge in [0.15, 0.2) is 5.16 Å². The zero-order valence-corrected chi connectivity index (χ0v) is 18.5. The number of nitrogens with zero attached hydrogens (tertiary/aromatic N) is 4. The second kappa shape index (κ2) is 9.45. The second-order valence-electron chi connectivity index (χ2n) is 7.27. The monoisotopic (exact) mass is 437 g/mol. The van der Waals surface area contributed by atoms with Gasteiger partial charge in [0.1, 0.15) is 16.9 Å². The van der Waals surface area contributed by atoms with Gasteiger partial charge in [0, 0.05) is 17.1 Å². The minimum absolute atomic E-state index is 0.0663. The number of benzene rings is 1. The maximum absolute atomic E-state index is 12.5. The highest BCUT2D eigenvalue weighted by Crippen LogP contribution is 2.37. The lowest BCUT2D eigenvalue weighted by atomic mass is 9.96. The lowest BCUT2D eigenvalue weighted by Gasteiger charge is -2.09. The molecule has 0 unspecified atom stereocenters. The maximum Gasteiger partial charge on any atom is 0.225 e. The number of amides is 1. The van der Waals surface area contributed by atoms with E-state index < -0.39 is 0 Å². The van der Waals surface area contributed by atoms with Crippen LogP contribution < -0.4 is 5.32 Å². The Labute approximate surface area is 184 Å². The third-order valence-electron chi connectivity index (χ3n) is 5.18. The molecule has 1 aliphatic carbocycles. The molecule has 0 radical (unpaired) electrons. The van der Waals surface area contributed by atoms with Gasteiger partial charge >= 0.3 is 0 Å². The zero-order valence-electron chi connectivity index (χ0n) is 16.9. The zero-order chi connectivity index (χ0) is 20.9. The summed E-state index contributed by atoms with van der Waals surface area (Å²) in [6.07, 6.45) is 4.58. The summed E-state index contributed by atoms with van der Waals surface area (Å²) in [6.45, 7) is 2.65. The van der Waals surface area contributed by atoms with Crippen LogP contribution in [-0.2, 0) is 24.2 Å². The summed E-state index contributed by atoms with van der Waals surface area (Å²) in [6, 6.07) is 12.5. The Hall–Kier alpha value is -2.63. The molecule has 2 heterocycles. The second-order valence-corrected chi connectivity index (χ2v) is 9.44. The molecule has 0 atom stereocenters. The number of aryl methyl sites for hydroxylation is 2. The molecule has 30 heavy (non-hydrogen) atoms. The van der Waals surface area contributed by atoms with Crippen molar-refractivity contribution in [3.8, 4) is 6.07 Å². The first-order chi connectivity index (χ1) is 14.7. The van der Waals surface area contributed by atoms with Gasteiger partial charge in [-0.05, 0) is 43.7 Å². The van der Waals surface area contributed by atoms with E-state index in [9.17, 15) is 10.1 Å². The molecular formula is C22H23N5OS2. The number of hydrogen-bond donors (Lipinski definition) is 1. The van der Waals surface area contributed by atoms with Crippen molar-refractivity contribution in [2.45, 2.75) is 50.7 Å². The third kappa shape index (κ3) is 4.58. The summed E-state index contributed by atoms with van der Waals surface area (Å²) in [5.41, 5.74) is 2.99. The van der Waals surface area contributed by atoms with Crippen LogP contribution in [0.25, 0.3) is 0 Å². The number of hydrogen-bond acceptors (Lipinski definition) is 6. The lowest BCUT2D eigenvalue weighted by molar-refractivity contribution is -0.115. The highest BCUT2D eigenvalue weighted by Gasteiger charge is 2.21. The summed E-state index contributed by atoms with van der Waals surface area (Å²) in [5.74, 6) is 1.39. The lowest BCUT2D eigenvalue weighted by Crippen LogP contribution is -2.12. The van der Waals surface area contributed by atoms with Crippen LogP contribution in [-0.4, -0.2) is 26.4 Å². The van der Waals surface area contributed by atoms with Gasteiger partial charge in [-0.3, -0.25) is 4.79 Å². The van der Waals surface area contributed by atoms with E-state index in [1.165, 1.54) is 22.2 Å². The standard InChI is InChI=1S/C22H23N5OS2/c1-15-25-26-22(27(15)14-16-7-3-2-4-8-16)29-12-11-20(28)24-21-18(13-23)17-9-5-6-10-19(17)30-21/h2-4,7-8H,5-6,9-12,14H2,1H3,(H,24,28). The minimum atomic E-state index is -0.0663. The molecule has 3 aromatic rings. The molecule has 2 aromatic heterocycles. The molecule has 0 bridgehead atoms. The predicted molar refractivity (Wildman–Crippen MR) is 120 cm³/mol. The molecule has 1 N–H and O–H groups in total. The van der Waals surface area contributed by atoms with Crippen LogP contribution in [0.2, 0.25) is 0 Å². The van der Waals surface area contributed by atoms with Crippen molar-refractivity contribution in [2.24, 2.45) is 0 Å². The Bertz CT molecular complexity index is 1080. The number of carbonyl (C=O) groups is 1. The number of thioether (sulfide) groups is 1. The van der Waals surface area contributed by atoms with Gasteiger partial charge < -0.3 is 9.88 Å². The van der Waals surface area contributed by atoms with Crippen LogP contribution in [0.4, 0.5) is 5.00 Å². The van der Waals surface area contributed by atoms with Crippen LogP contribution in [0.15, 0.2) is 35.5 Å². The van der Waals surface area contributed by atoms with Gasteiger partial charge in [-0.25, -0.2) is 0 Å². The van der Waals surface area contributed by atoms with Crippen LogP contribution in [0.5, 0.6) is 0 Å². The van der Waals surface area contributed by atoms with Crippen LogP contribution in [0.3, 0.4) is 0 Å². The Morgan fingerprint density at radius 2 is 2.07 bits per heavy atom. The maximum atomic E-state index is 12.5. The molecule has 4 rings (SSSR count). The average Bonchev–Trinajstić information content (AvgIpc) is 3.28. The van der Waals surface area contributed by atoms with Crippen LogP contribution in [0.1, 0.15) is 46.7 Å². The SMILES string of the molecule is Cc1nnc(SCCC(=O)Nc2sc3c(c2C#N)CCCC3)n1Cc1ccccc1. The van der Waals surface area contributed by atoms with E-state index in [0.29, 0.717) is 29.3 Å². The van der Waals surface area contributed by atoms with Gasteiger partial charge in [-0.1, -0.05) is 42.1 Å². The van der Waals surface area contributed by atoms with E-state index in [-0.39, 0.29) is 5.91 Å². The number of nitrogens with one attached hydrogen (secondary N) is 1. The fourth-order valence-corrected chi connectivity index (χ4v) is 5.79. The van der Waals surface area contributed by atoms with E-state index in [4.69, 9.17) is 0 Å². The Morgan fingerprint density at radius 1 is 1.27 bits per heavy atom. The Balaban J connectivity index is 1.35. The highest BCUT2D eigenvalue weighted by molar-refractivity contribution is 7.99. The van der Waals surface area contributed by atoms with Crippen molar-refractivity contribution in [2.75, 3.05) is 11.1 Å². The normalized spacial score (nSPS) is 12.9. The Morgan fingerprint density at radius 3 is 2.87 bits per heavy atom. The number of anilines is 1. The van der Waals surface area contributed by atoms with Crippen molar-refractivity contribution in [1.82, 2.24) is 14.8 Å². The van der Waals surface area contributed by atoms with E-state index in [1.54, 1.807) is 11.3 Å². The van der Waals surface area contributed by atoms with E-state index in [2.05, 4.69) is 38.3 Å². The van der Waals surface area contributed by atoms with Crippen molar-refractivity contribution >= 4 is 34.0 Å². The van der Waals surface area contributed by atoms with Gasteiger partial charge in [0.25, 0.3) is 0 Å². The molecule has 0 saturated carbocycles. The largest absolute Gasteiger partial charge is 0.317 e. The smallest absolute Gasteiger partial charge is 0.225 e. The first kappa shape index (κ1) is 20.6. The topological polar surface area (TPSA) is 83.6 Å². The number of fused-ring (bicyclic) bond motifs is 1. The van der Waals surface area contributed by atoms with Crippen LogP contribution >= 0.6 is 23.1 Å². The third-order valence-corrected chi connectivity index (χ3v) is 7.36. The minimum Gasteiger partial charge on any atom is -0.317 e. The molecule has 1 aromatic carbocycles. The molecule has 0 spiro atoms. The van der Waals surface area contributed by atoms with Gasteiger partial charge in [-0.15, -0.1) is 21.5 Å². The van der Waals surface area contributed by atoms with E-state index >= 15 is 0 Å². The molecule has 6 nitrogen and oxygen atoms in total. The van der Waals surface area contributed by atoms with Gasteiger partial charge in [0.2, 0.25) is 5.91 Å². The van der Waals surface area contributed by atoms with E-state index in [0.717, 1.165) is 42.2 Å². The predicted octanol–water partition coefficient (Wildman–Crippen LogP) is 4.57. The molecule has 0 fully saturated rings. The fourth-order valence-electron chi connectivity index (χ4n) is 3.61. The number of aromatic nitrogens is 3. The van der Waals surface area contributed by atoms with Crippen molar-refractivity contribution in [3.63, 3.8) is 0 Å². The highest BCUT2D eigenvalue weighted by atomic mass is 32.2. The van der Waals surface area contributed by atoms with Crippen LogP contribution in [0, 0.1) is 18.3 Å². The summed E-state index contributed by atoms with van der Waals surface area (Å²) in [4.78, 5) is 13.8. The molecule has 154 valence electrons. The van der Waals surface area contributed by atoms with Crippen molar-refractivity contribution in [3.05, 3.63) is 57.7 Å². The van der Waals surface area contributed by atoms with Crippen molar-refractivity contribution in [1.29, 1.82) is 5.26 Å². The Kier molecular flexibility index (Phi) is 6.50. The number of rotatable bonds is 7. The quantitative estimate of drug-likeness (QED) is 0.548. The summed E-state index contributed by atoms with van der Waals surface area (Å²) < 4.78 is 2.07. The molecule has 1 amide bonds. The van der Waals surface area contributed by atoms with Gasteiger partial charge in [0.05, 0.1) is 12.1 Å². The molecule has 0 aliphatic heterocycles. The summed E-state index contributed by atoms with van der Waals surface area (Å²) in [7, 11) is 0. The first-order valence-corrected chi connectivity index (χ1v) is 11.9.